The van der Waals surface area contributed by atoms with Crippen LogP contribution in [0.15, 0.2) is 6.33 Å². The Morgan fingerprint density at radius 3 is 3.06 bits per heavy atom. The van der Waals surface area contributed by atoms with Gasteiger partial charge in [0.15, 0.2) is 0 Å². The zero-order chi connectivity index (χ0) is 12.1. The normalized spacial score (nSPS) is 16.7. The molecule has 1 aromatic heterocycles. The molecule has 0 amide bonds. The Morgan fingerprint density at radius 2 is 2.29 bits per heavy atom. The molecule has 2 rings (SSSR count). The maximum absolute atomic E-state index is 5.47. The summed E-state index contributed by atoms with van der Waals surface area (Å²) < 4.78 is 5.45. The third kappa shape index (κ3) is 2.65. The van der Waals surface area contributed by atoms with Crippen LogP contribution in [-0.4, -0.2) is 36.3 Å². The SMILES string of the molecule is CCc1c(NN)ncnc1N1CCCOCC1. The summed E-state index contributed by atoms with van der Waals surface area (Å²) in [7, 11) is 0. The fraction of sp³-hybridized carbons (Fsp3) is 0.636. The van der Waals surface area contributed by atoms with E-state index in [0.717, 1.165) is 50.5 Å². The molecule has 0 saturated carbocycles. The summed E-state index contributed by atoms with van der Waals surface area (Å²) in [4.78, 5) is 10.8. The van der Waals surface area contributed by atoms with E-state index in [1.54, 1.807) is 6.33 Å². The summed E-state index contributed by atoms with van der Waals surface area (Å²) in [5.41, 5.74) is 3.70. The van der Waals surface area contributed by atoms with E-state index < -0.39 is 0 Å². The highest BCUT2D eigenvalue weighted by atomic mass is 16.5. The minimum Gasteiger partial charge on any atom is -0.380 e. The van der Waals surface area contributed by atoms with Crippen molar-refractivity contribution < 1.29 is 4.74 Å². The van der Waals surface area contributed by atoms with Crippen LogP contribution < -0.4 is 16.2 Å². The van der Waals surface area contributed by atoms with Crippen LogP contribution in [0.5, 0.6) is 0 Å². The minimum atomic E-state index is 0.711. The first-order chi connectivity index (χ1) is 8.36. The lowest BCUT2D eigenvalue weighted by Crippen LogP contribution is -2.28. The molecule has 1 saturated heterocycles. The number of hydrogen-bond acceptors (Lipinski definition) is 6. The summed E-state index contributed by atoms with van der Waals surface area (Å²) in [6.07, 6.45) is 3.43. The second-order valence-corrected chi connectivity index (χ2v) is 3.98. The molecule has 0 aromatic carbocycles. The number of nitrogens with one attached hydrogen (secondary N) is 1. The van der Waals surface area contributed by atoms with Gasteiger partial charge in [0.05, 0.1) is 6.61 Å². The lowest BCUT2D eigenvalue weighted by atomic mass is 10.2. The van der Waals surface area contributed by atoms with Gasteiger partial charge in [0, 0.05) is 25.3 Å². The smallest absolute Gasteiger partial charge is 0.148 e. The van der Waals surface area contributed by atoms with E-state index in [9.17, 15) is 0 Å². The van der Waals surface area contributed by atoms with E-state index in [1.807, 2.05) is 0 Å². The maximum Gasteiger partial charge on any atom is 0.148 e. The van der Waals surface area contributed by atoms with Gasteiger partial charge < -0.3 is 15.1 Å². The number of nitrogens with two attached hydrogens (primary N) is 1. The maximum atomic E-state index is 5.47. The molecule has 0 unspecified atom stereocenters. The fourth-order valence-electron chi connectivity index (χ4n) is 2.08. The highest BCUT2D eigenvalue weighted by Crippen LogP contribution is 2.24. The van der Waals surface area contributed by atoms with Crippen molar-refractivity contribution in [2.45, 2.75) is 19.8 Å². The quantitative estimate of drug-likeness (QED) is 0.590. The molecule has 0 spiro atoms. The van der Waals surface area contributed by atoms with Gasteiger partial charge in [-0.25, -0.2) is 15.8 Å². The van der Waals surface area contributed by atoms with Crippen molar-refractivity contribution in [2.24, 2.45) is 5.84 Å². The van der Waals surface area contributed by atoms with Gasteiger partial charge in [-0.2, -0.15) is 0 Å². The predicted molar refractivity (Wildman–Crippen MR) is 66.9 cm³/mol. The van der Waals surface area contributed by atoms with Gasteiger partial charge >= 0.3 is 0 Å². The van der Waals surface area contributed by atoms with Gasteiger partial charge in [-0.15, -0.1) is 0 Å². The zero-order valence-corrected chi connectivity index (χ0v) is 10.1. The van der Waals surface area contributed by atoms with Crippen LogP contribution in [0.2, 0.25) is 0 Å². The molecule has 1 aliphatic rings. The van der Waals surface area contributed by atoms with Crippen LogP contribution in [0.3, 0.4) is 0 Å². The molecule has 1 fully saturated rings. The number of hydrazine groups is 1. The molecule has 0 bridgehead atoms. The number of nitrogens with zero attached hydrogens (tertiary/aromatic N) is 3. The third-order valence-corrected chi connectivity index (χ3v) is 2.93. The first-order valence-electron chi connectivity index (χ1n) is 6.00. The van der Waals surface area contributed by atoms with Gasteiger partial charge in [-0.05, 0) is 12.8 Å². The number of nitrogen functional groups attached to an aromatic ring is 1. The van der Waals surface area contributed by atoms with Crippen LogP contribution in [0.25, 0.3) is 0 Å². The zero-order valence-electron chi connectivity index (χ0n) is 10.1. The molecule has 17 heavy (non-hydrogen) atoms. The summed E-state index contributed by atoms with van der Waals surface area (Å²) in [5, 5.41) is 0. The molecule has 0 atom stereocenters. The van der Waals surface area contributed by atoms with Gasteiger partial charge in [-0.1, -0.05) is 6.92 Å². The third-order valence-electron chi connectivity index (χ3n) is 2.93. The molecule has 3 N–H and O–H groups in total. The van der Waals surface area contributed by atoms with Crippen molar-refractivity contribution in [3.63, 3.8) is 0 Å². The second-order valence-electron chi connectivity index (χ2n) is 3.98. The van der Waals surface area contributed by atoms with Gasteiger partial charge in [0.25, 0.3) is 0 Å². The molecule has 0 radical (unpaired) electrons. The van der Waals surface area contributed by atoms with Crippen LogP contribution in [0, 0.1) is 0 Å². The monoisotopic (exact) mass is 237 g/mol. The van der Waals surface area contributed by atoms with Crippen LogP contribution in [-0.2, 0) is 11.2 Å². The Kier molecular flexibility index (Phi) is 4.11. The summed E-state index contributed by atoms with van der Waals surface area (Å²) >= 11 is 0. The van der Waals surface area contributed by atoms with E-state index in [1.165, 1.54) is 0 Å². The van der Waals surface area contributed by atoms with Crippen molar-refractivity contribution in [2.75, 3.05) is 36.6 Å². The Bertz CT molecular complexity index is 363. The van der Waals surface area contributed by atoms with Crippen molar-refractivity contribution in [1.82, 2.24) is 9.97 Å². The molecule has 0 aliphatic carbocycles. The topological polar surface area (TPSA) is 76.3 Å². The van der Waals surface area contributed by atoms with Crippen molar-refractivity contribution in [1.29, 1.82) is 0 Å². The molecule has 2 heterocycles. The number of aromatic nitrogens is 2. The first kappa shape index (κ1) is 12.1. The summed E-state index contributed by atoms with van der Waals surface area (Å²) in [6, 6.07) is 0. The Morgan fingerprint density at radius 1 is 1.41 bits per heavy atom. The Hall–Kier alpha value is -1.40. The molecular formula is C11H19N5O. The van der Waals surface area contributed by atoms with E-state index in [2.05, 4.69) is 27.2 Å². The Labute approximate surface area is 101 Å². The first-order valence-corrected chi connectivity index (χ1v) is 6.00. The van der Waals surface area contributed by atoms with Gasteiger partial charge in [0.1, 0.15) is 18.0 Å². The van der Waals surface area contributed by atoms with Crippen molar-refractivity contribution in [3.05, 3.63) is 11.9 Å². The number of hydrogen-bond donors (Lipinski definition) is 2. The summed E-state index contributed by atoms with van der Waals surface area (Å²) in [5.74, 6) is 7.16. The highest BCUT2D eigenvalue weighted by molar-refractivity contribution is 5.58. The molecule has 6 nitrogen and oxygen atoms in total. The minimum absolute atomic E-state index is 0.711. The number of ether oxygens (including phenoxy) is 1. The van der Waals surface area contributed by atoms with E-state index in [-0.39, 0.29) is 0 Å². The standard InChI is InChI=1S/C11H19N5O/c1-2-9-10(15-12)13-8-14-11(9)16-4-3-6-17-7-5-16/h8H,2-7,12H2,1H3,(H,13,14,15). The lowest BCUT2D eigenvalue weighted by molar-refractivity contribution is 0.152. The van der Waals surface area contributed by atoms with E-state index in [4.69, 9.17) is 10.6 Å². The van der Waals surface area contributed by atoms with E-state index in [0.29, 0.717) is 5.82 Å². The predicted octanol–water partition coefficient (Wildman–Crippen LogP) is 0.551. The second kappa shape index (κ2) is 5.79. The van der Waals surface area contributed by atoms with Crippen LogP contribution in [0.4, 0.5) is 11.6 Å². The largest absolute Gasteiger partial charge is 0.380 e. The number of rotatable bonds is 3. The molecular weight excluding hydrogens is 218 g/mol. The van der Waals surface area contributed by atoms with Crippen molar-refractivity contribution in [3.8, 4) is 0 Å². The van der Waals surface area contributed by atoms with E-state index >= 15 is 0 Å². The van der Waals surface area contributed by atoms with Gasteiger partial charge in [-0.3, -0.25) is 0 Å². The molecule has 1 aliphatic heterocycles. The summed E-state index contributed by atoms with van der Waals surface area (Å²) in [6.45, 7) is 5.49. The average Bonchev–Trinajstić information content (AvgIpc) is 2.66. The fourth-order valence-corrected chi connectivity index (χ4v) is 2.08. The molecule has 94 valence electrons. The average molecular weight is 237 g/mol. The highest BCUT2D eigenvalue weighted by Gasteiger charge is 2.17. The van der Waals surface area contributed by atoms with Crippen molar-refractivity contribution >= 4 is 11.6 Å². The Balaban J connectivity index is 2.29. The van der Waals surface area contributed by atoms with Gasteiger partial charge in [0.2, 0.25) is 0 Å². The molecule has 1 aromatic rings. The van der Waals surface area contributed by atoms with Crippen LogP contribution >= 0.6 is 0 Å². The number of anilines is 2. The lowest BCUT2D eigenvalue weighted by Gasteiger charge is -2.23. The van der Waals surface area contributed by atoms with Crippen LogP contribution in [0.1, 0.15) is 18.9 Å². The molecule has 6 heteroatoms.